The Morgan fingerprint density at radius 3 is 2.80 bits per heavy atom. The Hall–Kier alpha value is -2.69. The highest BCUT2D eigenvalue weighted by atomic mass is 16.2. The Bertz CT molecular complexity index is 655. The van der Waals surface area contributed by atoms with Crippen LogP contribution in [0.25, 0.3) is 0 Å². The van der Waals surface area contributed by atoms with Crippen molar-refractivity contribution in [2.75, 3.05) is 16.8 Å². The Labute approximate surface area is 116 Å². The molecule has 5 heteroatoms. The molecule has 0 saturated carbocycles. The van der Waals surface area contributed by atoms with E-state index in [1.807, 2.05) is 30.3 Å². The topological polar surface area (TPSA) is 62.3 Å². The Kier molecular flexibility index (Phi) is 3.16. The van der Waals surface area contributed by atoms with E-state index >= 15 is 0 Å². The molecule has 2 amide bonds. The van der Waals surface area contributed by atoms with Crippen LogP contribution in [0.2, 0.25) is 0 Å². The maximum Gasteiger partial charge on any atom is 0.244 e. The lowest BCUT2D eigenvalue weighted by atomic mass is 10.1. The van der Waals surface area contributed by atoms with Gasteiger partial charge in [-0.25, -0.2) is 4.98 Å². The Morgan fingerprint density at radius 2 is 2.00 bits per heavy atom. The number of fused-ring (bicyclic) bond motifs is 1. The molecular formula is C15H13N3O2. The van der Waals surface area contributed by atoms with E-state index in [9.17, 15) is 9.59 Å². The van der Waals surface area contributed by atoms with E-state index < -0.39 is 0 Å². The number of carbonyl (C=O) groups is 2. The van der Waals surface area contributed by atoms with Gasteiger partial charge in [0, 0.05) is 6.20 Å². The van der Waals surface area contributed by atoms with Gasteiger partial charge in [-0.05, 0) is 17.7 Å². The summed E-state index contributed by atoms with van der Waals surface area (Å²) in [6.45, 7) is 0.00960. The van der Waals surface area contributed by atoms with Crippen LogP contribution in [0.15, 0.2) is 48.7 Å². The van der Waals surface area contributed by atoms with E-state index in [2.05, 4.69) is 10.3 Å². The fourth-order valence-corrected chi connectivity index (χ4v) is 2.19. The van der Waals surface area contributed by atoms with Crippen molar-refractivity contribution in [1.82, 2.24) is 4.98 Å². The van der Waals surface area contributed by atoms with Crippen molar-refractivity contribution < 1.29 is 9.59 Å². The van der Waals surface area contributed by atoms with Crippen LogP contribution in [0.1, 0.15) is 5.56 Å². The number of rotatable bonds is 2. The predicted octanol–water partition coefficient (Wildman–Crippen LogP) is 1.61. The van der Waals surface area contributed by atoms with Gasteiger partial charge >= 0.3 is 0 Å². The van der Waals surface area contributed by atoms with Gasteiger partial charge in [0.2, 0.25) is 11.8 Å². The van der Waals surface area contributed by atoms with Crippen molar-refractivity contribution in [3.8, 4) is 0 Å². The van der Waals surface area contributed by atoms with Gasteiger partial charge in [-0.15, -0.1) is 0 Å². The number of nitrogens with one attached hydrogen (secondary N) is 1. The molecular weight excluding hydrogens is 254 g/mol. The second-order valence-electron chi connectivity index (χ2n) is 4.57. The molecule has 0 unspecified atom stereocenters. The monoisotopic (exact) mass is 267 g/mol. The van der Waals surface area contributed by atoms with E-state index in [1.54, 1.807) is 18.3 Å². The van der Waals surface area contributed by atoms with Gasteiger partial charge in [0.1, 0.15) is 6.54 Å². The number of carbonyl (C=O) groups excluding carboxylic acids is 2. The number of anilines is 2. The minimum absolute atomic E-state index is 0.00960. The van der Waals surface area contributed by atoms with E-state index in [4.69, 9.17) is 0 Å². The van der Waals surface area contributed by atoms with Gasteiger partial charge < -0.3 is 5.32 Å². The normalized spacial score (nSPS) is 13.6. The van der Waals surface area contributed by atoms with Crippen molar-refractivity contribution >= 4 is 23.3 Å². The summed E-state index contributed by atoms with van der Waals surface area (Å²) in [5.41, 5.74) is 1.49. The van der Waals surface area contributed by atoms with Gasteiger partial charge in [0.25, 0.3) is 0 Å². The minimum atomic E-state index is -0.202. The maximum absolute atomic E-state index is 12.4. The molecule has 2 aromatic rings. The zero-order chi connectivity index (χ0) is 13.9. The molecule has 1 aromatic heterocycles. The fraction of sp³-hybridized carbons (Fsp3) is 0.133. The molecule has 3 rings (SSSR count). The summed E-state index contributed by atoms with van der Waals surface area (Å²) in [4.78, 5) is 29.7. The van der Waals surface area contributed by atoms with Crippen LogP contribution < -0.4 is 10.2 Å². The molecule has 0 fully saturated rings. The summed E-state index contributed by atoms with van der Waals surface area (Å²) in [5, 5.41) is 2.71. The Morgan fingerprint density at radius 1 is 1.20 bits per heavy atom. The van der Waals surface area contributed by atoms with Crippen molar-refractivity contribution in [2.24, 2.45) is 0 Å². The first-order valence-corrected chi connectivity index (χ1v) is 6.33. The zero-order valence-corrected chi connectivity index (χ0v) is 10.7. The predicted molar refractivity (Wildman–Crippen MR) is 75.4 cm³/mol. The quantitative estimate of drug-likeness (QED) is 0.899. The highest BCUT2D eigenvalue weighted by Gasteiger charge is 2.27. The molecule has 0 atom stereocenters. The summed E-state index contributed by atoms with van der Waals surface area (Å²) in [5.74, 6) is 0.172. The van der Waals surface area contributed by atoms with E-state index in [0.717, 1.165) is 5.56 Å². The zero-order valence-electron chi connectivity index (χ0n) is 10.7. The van der Waals surface area contributed by atoms with Crippen LogP contribution in [0.4, 0.5) is 11.5 Å². The molecule has 1 aliphatic heterocycles. The number of pyridine rings is 1. The third-order valence-corrected chi connectivity index (χ3v) is 3.12. The third-order valence-electron chi connectivity index (χ3n) is 3.12. The van der Waals surface area contributed by atoms with Crippen molar-refractivity contribution in [2.45, 2.75) is 6.42 Å². The number of aromatic nitrogens is 1. The molecule has 1 aromatic carbocycles. The number of benzene rings is 1. The smallest absolute Gasteiger partial charge is 0.244 e. The van der Waals surface area contributed by atoms with Gasteiger partial charge in [0.15, 0.2) is 5.82 Å². The fourth-order valence-electron chi connectivity index (χ4n) is 2.19. The van der Waals surface area contributed by atoms with Crippen LogP contribution in [-0.2, 0) is 16.0 Å². The average Bonchev–Trinajstić information content (AvgIpc) is 2.47. The molecule has 0 aliphatic carbocycles. The summed E-state index contributed by atoms with van der Waals surface area (Å²) >= 11 is 0. The number of amides is 2. The number of hydrogen-bond acceptors (Lipinski definition) is 3. The summed E-state index contributed by atoms with van der Waals surface area (Å²) in [7, 11) is 0. The van der Waals surface area contributed by atoms with Crippen LogP contribution in [-0.4, -0.2) is 23.3 Å². The minimum Gasteiger partial charge on any atom is -0.321 e. The van der Waals surface area contributed by atoms with Crippen molar-refractivity contribution in [1.29, 1.82) is 0 Å². The van der Waals surface area contributed by atoms with E-state index in [-0.39, 0.29) is 24.8 Å². The summed E-state index contributed by atoms with van der Waals surface area (Å²) < 4.78 is 0. The average molecular weight is 267 g/mol. The highest BCUT2D eigenvalue weighted by molar-refractivity contribution is 6.09. The van der Waals surface area contributed by atoms with E-state index in [1.165, 1.54) is 4.90 Å². The van der Waals surface area contributed by atoms with Crippen LogP contribution in [0.5, 0.6) is 0 Å². The highest BCUT2D eigenvalue weighted by Crippen LogP contribution is 2.26. The molecule has 20 heavy (non-hydrogen) atoms. The van der Waals surface area contributed by atoms with Crippen molar-refractivity contribution in [3.63, 3.8) is 0 Å². The first kappa shape index (κ1) is 12.3. The molecule has 0 spiro atoms. The molecule has 5 nitrogen and oxygen atoms in total. The summed E-state index contributed by atoms with van der Waals surface area (Å²) in [6, 6.07) is 12.9. The molecule has 2 heterocycles. The van der Waals surface area contributed by atoms with Gasteiger partial charge in [-0.2, -0.15) is 0 Å². The van der Waals surface area contributed by atoms with E-state index in [0.29, 0.717) is 11.5 Å². The lowest BCUT2D eigenvalue weighted by Crippen LogP contribution is -2.43. The van der Waals surface area contributed by atoms with Crippen LogP contribution in [0.3, 0.4) is 0 Å². The van der Waals surface area contributed by atoms with Gasteiger partial charge in [0.05, 0.1) is 12.1 Å². The number of nitrogens with zero attached hydrogens (tertiary/aromatic N) is 2. The van der Waals surface area contributed by atoms with Crippen molar-refractivity contribution in [3.05, 3.63) is 54.2 Å². The lowest BCUT2D eigenvalue weighted by Gasteiger charge is -2.27. The lowest BCUT2D eigenvalue weighted by molar-refractivity contribution is -0.121. The SMILES string of the molecule is O=C1CN(C(=O)Cc2ccccc2)c2ncccc2N1. The molecule has 100 valence electrons. The first-order valence-electron chi connectivity index (χ1n) is 6.33. The van der Waals surface area contributed by atoms with Crippen LogP contribution >= 0.6 is 0 Å². The first-order chi connectivity index (χ1) is 9.74. The summed E-state index contributed by atoms with van der Waals surface area (Å²) in [6.07, 6.45) is 1.86. The maximum atomic E-state index is 12.4. The second kappa shape index (κ2) is 5.13. The van der Waals surface area contributed by atoms with Gasteiger partial charge in [-0.3, -0.25) is 14.5 Å². The molecule has 1 aliphatic rings. The molecule has 0 saturated heterocycles. The largest absolute Gasteiger partial charge is 0.321 e. The molecule has 0 bridgehead atoms. The second-order valence-corrected chi connectivity index (χ2v) is 4.57. The number of hydrogen-bond donors (Lipinski definition) is 1. The van der Waals surface area contributed by atoms with Gasteiger partial charge in [-0.1, -0.05) is 30.3 Å². The van der Waals surface area contributed by atoms with Crippen LogP contribution in [0, 0.1) is 0 Å². The molecule has 1 N–H and O–H groups in total. The Balaban J connectivity index is 1.87. The third kappa shape index (κ3) is 2.38. The standard InChI is InChI=1S/C15H13N3O2/c19-13-10-18(15-12(17-13)7-4-8-16-15)14(20)9-11-5-2-1-3-6-11/h1-8H,9-10H2,(H,17,19). The molecule has 0 radical (unpaired) electrons.